The lowest BCUT2D eigenvalue weighted by molar-refractivity contribution is 0.0754. The molecule has 0 fully saturated rings. The molecule has 0 aliphatic heterocycles. The van der Waals surface area contributed by atoms with Gasteiger partial charge in [0.2, 0.25) is 0 Å². The van der Waals surface area contributed by atoms with Gasteiger partial charge in [-0.3, -0.25) is 4.79 Å². The molecule has 0 aliphatic carbocycles. The number of benzene rings is 1. The maximum absolute atomic E-state index is 13.5. The Morgan fingerprint density at radius 3 is 2.38 bits per heavy atom. The Balaban J connectivity index is 2.05. The minimum atomic E-state index is -0.562. The summed E-state index contributed by atoms with van der Waals surface area (Å²) in [6, 6.07) is 8.49. The molecule has 0 saturated carbocycles. The molecule has 0 amide bonds. The molecule has 5 nitrogen and oxygen atoms in total. The number of rotatable bonds is 2. The van der Waals surface area contributed by atoms with Crippen molar-refractivity contribution >= 4 is 28.0 Å². The number of pyridine rings is 1. The molecule has 0 N–H and O–H groups in total. The van der Waals surface area contributed by atoms with Crippen LogP contribution in [0.1, 0.15) is 56.6 Å². The minimum Gasteiger partial charge on any atom is -0.311 e. The molecular weight excluding hydrogens is 367 g/mol. The first-order valence-corrected chi connectivity index (χ1v) is 9.80. The first kappa shape index (κ1) is 19.3. The number of aromatic nitrogens is 4. The topological polar surface area (TPSA) is 52.7 Å². The smallest absolute Gasteiger partial charge is 0.254 e. The van der Waals surface area contributed by atoms with Crippen molar-refractivity contribution in [3.8, 4) is 5.69 Å². The van der Waals surface area contributed by atoms with Crippen molar-refractivity contribution in [2.45, 2.75) is 47.5 Å². The van der Waals surface area contributed by atoms with Gasteiger partial charge in [-0.05, 0) is 48.7 Å². The number of hydrogen-bond acceptors (Lipinski definition) is 3. The van der Waals surface area contributed by atoms with Gasteiger partial charge in [0.15, 0.2) is 5.65 Å². The Labute approximate surface area is 169 Å². The van der Waals surface area contributed by atoms with Crippen molar-refractivity contribution in [2.75, 3.05) is 0 Å². The number of halogens is 1. The highest BCUT2D eigenvalue weighted by Gasteiger charge is 2.27. The second-order valence-electron chi connectivity index (χ2n) is 8.86. The third kappa shape index (κ3) is 3.03. The number of fused-ring (bicyclic) bond motifs is 2. The molecule has 3 aromatic heterocycles. The lowest BCUT2D eigenvalue weighted by Crippen LogP contribution is -2.27. The van der Waals surface area contributed by atoms with Crippen LogP contribution in [-0.4, -0.2) is 25.2 Å². The van der Waals surface area contributed by atoms with E-state index < -0.39 is 5.41 Å². The van der Waals surface area contributed by atoms with Crippen molar-refractivity contribution in [3.05, 3.63) is 53.6 Å². The third-order valence-electron chi connectivity index (χ3n) is 5.21. The molecular formula is C23H25FN4O. The fourth-order valence-corrected chi connectivity index (χ4v) is 3.84. The van der Waals surface area contributed by atoms with Crippen LogP contribution in [0.5, 0.6) is 0 Å². The summed E-state index contributed by atoms with van der Waals surface area (Å²) in [5.41, 5.74) is 4.81. The van der Waals surface area contributed by atoms with Crippen LogP contribution in [0.15, 0.2) is 36.5 Å². The van der Waals surface area contributed by atoms with Gasteiger partial charge < -0.3 is 4.57 Å². The number of aryl methyl sites for hydroxylation is 1. The predicted molar refractivity (Wildman–Crippen MR) is 113 cm³/mol. The standard InChI is InChI=1S/C23H25FN4O/c1-13(2)20-14(3)19-18(27(20)17-9-7-16(24)8-10-17)11-15-12-25-28(21(15)26-19)22(29)23(4,5)6/h7-13H,1-6H3. The summed E-state index contributed by atoms with van der Waals surface area (Å²) < 4.78 is 17.0. The first-order valence-electron chi connectivity index (χ1n) is 9.80. The van der Waals surface area contributed by atoms with Gasteiger partial charge in [0.25, 0.3) is 5.91 Å². The van der Waals surface area contributed by atoms with Crippen LogP contribution in [0.2, 0.25) is 0 Å². The van der Waals surface area contributed by atoms with E-state index in [9.17, 15) is 9.18 Å². The van der Waals surface area contributed by atoms with Gasteiger partial charge in [-0.2, -0.15) is 9.78 Å². The monoisotopic (exact) mass is 392 g/mol. The molecule has 0 spiro atoms. The molecule has 0 radical (unpaired) electrons. The van der Waals surface area contributed by atoms with E-state index in [4.69, 9.17) is 4.98 Å². The summed E-state index contributed by atoms with van der Waals surface area (Å²) in [7, 11) is 0. The van der Waals surface area contributed by atoms with Crippen LogP contribution in [0, 0.1) is 18.2 Å². The quantitative estimate of drug-likeness (QED) is 0.444. The van der Waals surface area contributed by atoms with Crippen LogP contribution in [-0.2, 0) is 0 Å². The lowest BCUT2D eigenvalue weighted by Gasteiger charge is -2.16. The number of nitrogens with zero attached hydrogens (tertiary/aromatic N) is 4. The average molecular weight is 392 g/mol. The minimum absolute atomic E-state index is 0.0981. The molecule has 0 atom stereocenters. The Bertz CT molecular complexity index is 1240. The summed E-state index contributed by atoms with van der Waals surface area (Å²) in [5, 5.41) is 5.11. The highest BCUT2D eigenvalue weighted by atomic mass is 19.1. The molecule has 29 heavy (non-hydrogen) atoms. The second-order valence-corrected chi connectivity index (χ2v) is 8.86. The van der Waals surface area contributed by atoms with Crippen molar-refractivity contribution in [1.29, 1.82) is 0 Å². The summed E-state index contributed by atoms with van der Waals surface area (Å²) in [6.45, 7) is 11.9. The van der Waals surface area contributed by atoms with E-state index in [0.29, 0.717) is 5.65 Å². The van der Waals surface area contributed by atoms with Crippen molar-refractivity contribution < 1.29 is 9.18 Å². The second kappa shape index (κ2) is 6.51. The van der Waals surface area contributed by atoms with Crippen LogP contribution in [0.3, 0.4) is 0 Å². The van der Waals surface area contributed by atoms with Gasteiger partial charge in [-0.1, -0.05) is 34.6 Å². The molecule has 0 saturated heterocycles. The highest BCUT2D eigenvalue weighted by molar-refractivity contribution is 5.97. The molecule has 4 aromatic rings. The summed E-state index contributed by atoms with van der Waals surface area (Å²) >= 11 is 0. The van der Waals surface area contributed by atoms with E-state index in [0.717, 1.165) is 33.4 Å². The predicted octanol–water partition coefficient (Wildman–Crippen LogP) is 5.63. The Hall–Kier alpha value is -3.02. The van der Waals surface area contributed by atoms with Crippen LogP contribution in [0.25, 0.3) is 27.8 Å². The van der Waals surface area contributed by atoms with Crippen LogP contribution >= 0.6 is 0 Å². The van der Waals surface area contributed by atoms with E-state index in [-0.39, 0.29) is 17.6 Å². The first-order chi connectivity index (χ1) is 13.6. The Morgan fingerprint density at radius 2 is 1.79 bits per heavy atom. The van der Waals surface area contributed by atoms with Gasteiger partial charge >= 0.3 is 0 Å². The fraction of sp³-hybridized carbons (Fsp3) is 0.348. The van der Waals surface area contributed by atoms with E-state index in [1.54, 1.807) is 18.3 Å². The molecule has 150 valence electrons. The van der Waals surface area contributed by atoms with E-state index in [2.05, 4.69) is 23.5 Å². The largest absolute Gasteiger partial charge is 0.311 e. The maximum Gasteiger partial charge on any atom is 0.254 e. The lowest BCUT2D eigenvalue weighted by atomic mass is 9.96. The third-order valence-corrected chi connectivity index (χ3v) is 5.21. The van der Waals surface area contributed by atoms with Crippen molar-refractivity contribution in [2.24, 2.45) is 5.41 Å². The average Bonchev–Trinajstić information content (AvgIpc) is 3.18. The zero-order valence-corrected chi connectivity index (χ0v) is 17.6. The van der Waals surface area contributed by atoms with Gasteiger partial charge in [-0.15, -0.1) is 0 Å². The fourth-order valence-electron chi connectivity index (χ4n) is 3.84. The van der Waals surface area contributed by atoms with E-state index in [1.807, 2.05) is 33.8 Å². The Kier molecular flexibility index (Phi) is 4.33. The zero-order valence-electron chi connectivity index (χ0n) is 17.6. The van der Waals surface area contributed by atoms with Gasteiger partial charge in [-0.25, -0.2) is 9.37 Å². The molecule has 0 aliphatic rings. The molecule has 0 unspecified atom stereocenters. The molecule has 1 aromatic carbocycles. The zero-order chi connectivity index (χ0) is 21.1. The highest BCUT2D eigenvalue weighted by Crippen LogP contribution is 2.34. The maximum atomic E-state index is 13.5. The van der Waals surface area contributed by atoms with Gasteiger partial charge in [0, 0.05) is 22.2 Å². The Morgan fingerprint density at radius 1 is 1.14 bits per heavy atom. The number of carbonyl (C=O) groups is 1. The normalized spacial score (nSPS) is 12.4. The summed E-state index contributed by atoms with van der Waals surface area (Å²) in [4.78, 5) is 17.7. The summed E-state index contributed by atoms with van der Waals surface area (Å²) in [6.07, 6.45) is 1.68. The van der Waals surface area contributed by atoms with Crippen molar-refractivity contribution in [3.63, 3.8) is 0 Å². The van der Waals surface area contributed by atoms with E-state index >= 15 is 0 Å². The van der Waals surface area contributed by atoms with E-state index in [1.165, 1.54) is 16.8 Å². The van der Waals surface area contributed by atoms with Gasteiger partial charge in [0.05, 0.1) is 17.2 Å². The van der Waals surface area contributed by atoms with Crippen LogP contribution in [0.4, 0.5) is 4.39 Å². The molecule has 6 heteroatoms. The molecule has 0 bridgehead atoms. The summed E-state index contributed by atoms with van der Waals surface area (Å²) in [5.74, 6) is -0.125. The number of carbonyl (C=O) groups excluding carboxylic acids is 1. The van der Waals surface area contributed by atoms with Gasteiger partial charge in [0.1, 0.15) is 5.82 Å². The molecule has 3 heterocycles. The molecule has 4 rings (SSSR count). The van der Waals surface area contributed by atoms with Crippen molar-refractivity contribution in [1.82, 2.24) is 19.3 Å². The van der Waals surface area contributed by atoms with Crippen LogP contribution < -0.4 is 0 Å². The SMILES string of the molecule is Cc1c(C(C)C)n(-c2ccc(F)cc2)c2cc3cnn(C(=O)C(C)(C)C)c3nc12. The number of hydrogen-bond donors (Lipinski definition) is 0.